The summed E-state index contributed by atoms with van der Waals surface area (Å²) >= 11 is 0. The van der Waals surface area contributed by atoms with Crippen LogP contribution in [0.15, 0.2) is 194 Å². The first-order valence-corrected chi connectivity index (χ1v) is 19.6. The summed E-state index contributed by atoms with van der Waals surface area (Å²) in [4.78, 5) is 0. The Morgan fingerprint density at radius 2 is 0.740 bits per heavy atom. The highest BCUT2D eigenvalue weighted by Gasteiger charge is 2.53. The van der Waals surface area contributed by atoms with Crippen molar-refractivity contribution in [2.75, 3.05) is 0 Å². The summed E-state index contributed by atoms with van der Waals surface area (Å²) in [6, 6.07) is 72.7. The minimum atomic E-state index is -3.07. The molecule has 238 valence electrons. The molecule has 1 aliphatic heterocycles. The van der Waals surface area contributed by atoms with Crippen LogP contribution >= 0.6 is 0 Å². The summed E-state index contributed by atoms with van der Waals surface area (Å²) in [6.07, 6.45) is 0. The normalized spacial score (nSPS) is 15.6. The van der Waals surface area contributed by atoms with Gasteiger partial charge in [0.25, 0.3) is 0 Å². The lowest BCUT2D eigenvalue weighted by Gasteiger charge is -2.37. The van der Waals surface area contributed by atoms with Gasteiger partial charge in [0, 0.05) is 5.41 Å². The molecule has 1 heteroatoms. The van der Waals surface area contributed by atoms with Gasteiger partial charge in [-0.2, -0.15) is 0 Å². The Balaban J connectivity index is 1.52. The monoisotopic (exact) mass is 654 g/mol. The molecule has 0 fully saturated rings. The fourth-order valence-electron chi connectivity index (χ4n) is 8.84. The molecule has 0 unspecified atom stereocenters. The summed E-state index contributed by atoms with van der Waals surface area (Å²) in [6.45, 7) is 4.80. The molecular formula is C49H38Si. The maximum atomic E-state index is 2.61. The van der Waals surface area contributed by atoms with Crippen LogP contribution in [0.25, 0.3) is 32.7 Å². The van der Waals surface area contributed by atoms with E-state index in [1.54, 1.807) is 0 Å². The third-order valence-corrected chi connectivity index (χ3v) is 15.9. The van der Waals surface area contributed by atoms with Gasteiger partial charge in [-0.25, -0.2) is 0 Å². The zero-order chi connectivity index (χ0) is 33.7. The summed E-state index contributed by atoms with van der Waals surface area (Å²) in [7, 11) is -3.07. The second-order valence-electron chi connectivity index (χ2n) is 14.0. The highest BCUT2D eigenvalue weighted by atomic mass is 28.3. The molecule has 0 bridgehead atoms. The lowest BCUT2D eigenvalue weighted by molar-refractivity contribution is 0.661. The molecule has 0 spiro atoms. The minimum absolute atomic E-state index is 0.120. The summed E-state index contributed by atoms with van der Waals surface area (Å²) < 4.78 is 0. The first-order valence-electron chi connectivity index (χ1n) is 17.6. The van der Waals surface area contributed by atoms with E-state index in [1.165, 1.54) is 76.4 Å². The molecule has 0 N–H and O–H groups in total. The largest absolute Gasteiger partial charge is 0.182 e. The van der Waals surface area contributed by atoms with E-state index in [1.807, 2.05) is 0 Å². The van der Waals surface area contributed by atoms with Crippen molar-refractivity contribution < 1.29 is 0 Å². The minimum Gasteiger partial charge on any atom is -0.0623 e. The van der Waals surface area contributed by atoms with Crippen molar-refractivity contribution in [1.29, 1.82) is 0 Å². The van der Waals surface area contributed by atoms with Crippen LogP contribution < -0.4 is 10.4 Å². The van der Waals surface area contributed by atoms with E-state index in [-0.39, 0.29) is 5.41 Å². The van der Waals surface area contributed by atoms with Gasteiger partial charge in [0.2, 0.25) is 0 Å². The molecule has 7 aromatic carbocycles. The first kappa shape index (κ1) is 30.3. The molecule has 0 atom stereocenters. The maximum absolute atomic E-state index is 3.07. The van der Waals surface area contributed by atoms with E-state index >= 15 is 0 Å². The zero-order valence-corrected chi connectivity index (χ0v) is 29.5. The van der Waals surface area contributed by atoms with Crippen LogP contribution in [-0.2, 0) is 5.41 Å². The standard InChI is InChI=1S/C49H38Si/c1-49(2)43-31-19-18-30-41(43)42-33-32-40(34-44(42)49)50(39-28-16-7-17-29-39)47(37-24-12-5-13-25-37)45(35-20-8-3-9-21-35)46(36-22-10-4-11-23-36)48(50)38-26-14-6-15-27-38/h3-34H,1-2H3. The van der Waals surface area contributed by atoms with Gasteiger partial charge in [0.1, 0.15) is 0 Å². The fourth-order valence-corrected chi connectivity index (χ4v) is 14.5. The molecule has 50 heavy (non-hydrogen) atoms. The van der Waals surface area contributed by atoms with Crippen molar-refractivity contribution in [2.24, 2.45) is 0 Å². The van der Waals surface area contributed by atoms with Gasteiger partial charge < -0.3 is 0 Å². The third kappa shape index (κ3) is 4.51. The molecule has 0 aromatic heterocycles. The molecule has 0 nitrogen and oxygen atoms in total. The Kier molecular flexibility index (Phi) is 7.26. The van der Waals surface area contributed by atoms with Crippen LogP contribution in [0.2, 0.25) is 0 Å². The van der Waals surface area contributed by atoms with Crippen molar-refractivity contribution in [2.45, 2.75) is 19.3 Å². The summed E-state index contributed by atoms with van der Waals surface area (Å²) in [5, 5.41) is 5.70. The van der Waals surface area contributed by atoms with Gasteiger partial charge in [-0.15, -0.1) is 0 Å². The SMILES string of the molecule is CC1(C)c2ccccc2-c2ccc([Si]3(c4ccccc4)C(c4ccccc4)=C(c4ccccc4)C(c4ccccc4)=C3c3ccccc3)cc21. The Labute approximate surface area is 296 Å². The predicted molar refractivity (Wildman–Crippen MR) is 215 cm³/mol. The topological polar surface area (TPSA) is 0 Å². The van der Waals surface area contributed by atoms with E-state index in [0.717, 1.165) is 0 Å². The Bertz CT molecular complexity index is 2300. The van der Waals surface area contributed by atoms with Crippen molar-refractivity contribution in [1.82, 2.24) is 0 Å². The van der Waals surface area contributed by atoms with Gasteiger partial charge in [0.05, 0.1) is 0 Å². The lowest BCUT2D eigenvalue weighted by atomic mass is 9.82. The highest BCUT2D eigenvalue weighted by molar-refractivity contribution is 7.29. The molecule has 1 aliphatic carbocycles. The molecule has 0 radical (unpaired) electrons. The maximum Gasteiger partial charge on any atom is 0.182 e. The van der Waals surface area contributed by atoms with Crippen LogP contribution in [0.5, 0.6) is 0 Å². The molecule has 2 aliphatic rings. The van der Waals surface area contributed by atoms with Gasteiger partial charge in [0.15, 0.2) is 8.07 Å². The van der Waals surface area contributed by atoms with E-state index in [2.05, 4.69) is 208 Å². The number of fused-ring (bicyclic) bond motifs is 3. The first-order chi connectivity index (χ1) is 24.6. The van der Waals surface area contributed by atoms with E-state index in [4.69, 9.17) is 0 Å². The van der Waals surface area contributed by atoms with Gasteiger partial charge >= 0.3 is 0 Å². The molecule has 0 amide bonds. The molecule has 7 aromatic rings. The van der Waals surface area contributed by atoms with Crippen LogP contribution in [-0.4, -0.2) is 8.07 Å². The highest BCUT2D eigenvalue weighted by Crippen LogP contribution is 2.56. The van der Waals surface area contributed by atoms with E-state index < -0.39 is 8.07 Å². The van der Waals surface area contributed by atoms with Crippen molar-refractivity contribution in [3.8, 4) is 11.1 Å². The number of hydrogen-bond acceptors (Lipinski definition) is 0. The Morgan fingerprint density at radius 3 is 1.24 bits per heavy atom. The van der Waals surface area contributed by atoms with Crippen molar-refractivity contribution in [3.05, 3.63) is 228 Å². The average Bonchev–Trinajstić information content (AvgIpc) is 3.64. The summed E-state index contributed by atoms with van der Waals surface area (Å²) in [5.41, 5.74) is 13.1. The van der Waals surface area contributed by atoms with Gasteiger partial charge in [-0.1, -0.05) is 208 Å². The average molecular weight is 655 g/mol. The molecule has 1 heterocycles. The van der Waals surface area contributed by atoms with Crippen molar-refractivity contribution in [3.63, 3.8) is 0 Å². The summed E-state index contributed by atoms with van der Waals surface area (Å²) in [5.74, 6) is 0. The number of allylic oxidation sites excluding steroid dienone is 2. The van der Waals surface area contributed by atoms with Crippen LogP contribution in [0, 0.1) is 0 Å². The quantitative estimate of drug-likeness (QED) is 0.157. The van der Waals surface area contributed by atoms with E-state index in [0.29, 0.717) is 0 Å². The second kappa shape index (κ2) is 12.0. The second-order valence-corrected chi connectivity index (χ2v) is 17.7. The Morgan fingerprint density at radius 1 is 0.340 bits per heavy atom. The molecule has 9 rings (SSSR count). The molecular weight excluding hydrogens is 617 g/mol. The number of benzene rings is 7. The van der Waals surface area contributed by atoms with E-state index in [9.17, 15) is 0 Å². The fraction of sp³-hybridized carbons (Fsp3) is 0.0612. The predicted octanol–water partition coefficient (Wildman–Crippen LogP) is 10.9. The van der Waals surface area contributed by atoms with Crippen molar-refractivity contribution >= 4 is 40.0 Å². The van der Waals surface area contributed by atoms with Gasteiger partial charge in [-0.05, 0) is 76.4 Å². The number of hydrogen-bond donors (Lipinski definition) is 0. The van der Waals surface area contributed by atoms with Gasteiger partial charge in [-0.3, -0.25) is 0 Å². The lowest BCUT2D eigenvalue weighted by Crippen LogP contribution is -2.60. The van der Waals surface area contributed by atoms with Crippen LogP contribution in [0.3, 0.4) is 0 Å². The Hall–Kier alpha value is -5.76. The molecule has 0 saturated heterocycles. The smallest absolute Gasteiger partial charge is 0.0623 e. The third-order valence-electron chi connectivity index (χ3n) is 11.0. The van der Waals surface area contributed by atoms with Crippen LogP contribution in [0.1, 0.15) is 47.2 Å². The zero-order valence-electron chi connectivity index (χ0n) is 28.5. The van der Waals surface area contributed by atoms with Crippen LogP contribution in [0.4, 0.5) is 0 Å². The number of rotatable bonds is 6. The molecule has 0 saturated carbocycles.